The van der Waals surface area contributed by atoms with Crippen LogP contribution in [0.25, 0.3) is 28.0 Å². The van der Waals surface area contributed by atoms with Crippen LogP contribution >= 0.6 is 11.6 Å². The van der Waals surface area contributed by atoms with Crippen molar-refractivity contribution in [2.45, 2.75) is 24.9 Å². The molecule has 0 bridgehead atoms. The summed E-state index contributed by atoms with van der Waals surface area (Å²) in [7, 11) is 1.55. The first-order chi connectivity index (χ1) is 14.8. The summed E-state index contributed by atoms with van der Waals surface area (Å²) in [5.74, 6) is 0.666. The summed E-state index contributed by atoms with van der Waals surface area (Å²) in [4.78, 5) is 4.63. The van der Waals surface area contributed by atoms with Crippen LogP contribution < -0.4 is 4.74 Å². The number of ether oxygens (including phenoxy) is 1. The van der Waals surface area contributed by atoms with E-state index in [-0.39, 0.29) is 22.6 Å². The van der Waals surface area contributed by atoms with Gasteiger partial charge >= 0.3 is 6.18 Å². The number of aromatic nitrogens is 3. The minimum Gasteiger partial charge on any atom is -0.497 e. The van der Waals surface area contributed by atoms with Crippen LogP contribution in [0.4, 0.5) is 13.2 Å². The predicted octanol–water partition coefficient (Wildman–Crippen LogP) is 6.65. The van der Waals surface area contributed by atoms with Gasteiger partial charge in [-0.05, 0) is 55.3 Å². The molecule has 4 nitrogen and oxygen atoms in total. The highest BCUT2D eigenvalue weighted by atomic mass is 35.5. The van der Waals surface area contributed by atoms with Crippen LogP contribution in [-0.4, -0.2) is 21.9 Å². The van der Waals surface area contributed by atoms with Crippen LogP contribution in [0.1, 0.15) is 30.0 Å². The number of pyridine rings is 1. The summed E-state index contributed by atoms with van der Waals surface area (Å²) in [6.07, 6.45) is -2.89. The van der Waals surface area contributed by atoms with Crippen LogP contribution in [0.3, 0.4) is 0 Å². The Bertz CT molecular complexity index is 1260. The van der Waals surface area contributed by atoms with Crippen molar-refractivity contribution in [1.29, 1.82) is 0 Å². The monoisotopic (exact) mass is 443 g/mol. The molecule has 0 radical (unpaired) electrons. The Balaban J connectivity index is 1.81. The maximum absolute atomic E-state index is 14.1. The molecule has 0 N–H and O–H groups in total. The minimum absolute atomic E-state index is 0.0197. The molecule has 0 spiro atoms. The van der Waals surface area contributed by atoms with Crippen molar-refractivity contribution in [2.24, 2.45) is 0 Å². The van der Waals surface area contributed by atoms with Gasteiger partial charge in [0.1, 0.15) is 5.75 Å². The molecule has 158 valence electrons. The third kappa shape index (κ3) is 3.63. The van der Waals surface area contributed by atoms with E-state index in [0.29, 0.717) is 27.7 Å². The minimum atomic E-state index is -4.54. The summed E-state index contributed by atoms with van der Waals surface area (Å²) in [5.41, 5.74) is 1.30. The molecule has 1 saturated carbocycles. The van der Waals surface area contributed by atoms with Crippen molar-refractivity contribution in [3.05, 3.63) is 70.9 Å². The Hall–Kier alpha value is -3.06. The van der Waals surface area contributed by atoms with E-state index < -0.39 is 11.7 Å². The van der Waals surface area contributed by atoms with Crippen molar-refractivity contribution in [3.63, 3.8) is 0 Å². The molecule has 0 atom stereocenters. The van der Waals surface area contributed by atoms with Gasteiger partial charge in [0.05, 0.1) is 35.1 Å². The maximum Gasteiger partial charge on any atom is 0.417 e. The number of hydrogen-bond donors (Lipinski definition) is 0. The van der Waals surface area contributed by atoms with Crippen molar-refractivity contribution >= 4 is 22.6 Å². The van der Waals surface area contributed by atoms with Crippen LogP contribution in [0.2, 0.25) is 5.02 Å². The Morgan fingerprint density at radius 2 is 1.71 bits per heavy atom. The van der Waals surface area contributed by atoms with E-state index in [1.54, 1.807) is 55.6 Å². The zero-order valence-corrected chi connectivity index (χ0v) is 17.2. The smallest absolute Gasteiger partial charge is 0.417 e. The second-order valence-corrected chi connectivity index (χ2v) is 7.96. The average Bonchev–Trinajstić information content (AvgIpc) is 3.53. The average molecular weight is 444 g/mol. The van der Waals surface area contributed by atoms with Crippen LogP contribution in [0.5, 0.6) is 5.75 Å². The molecule has 2 heterocycles. The normalized spacial score (nSPS) is 14.2. The largest absolute Gasteiger partial charge is 0.497 e. The first-order valence-corrected chi connectivity index (χ1v) is 10.1. The van der Waals surface area contributed by atoms with Gasteiger partial charge in [0.15, 0.2) is 5.65 Å². The zero-order valence-electron chi connectivity index (χ0n) is 16.4. The summed E-state index contributed by atoms with van der Waals surface area (Å²) in [5, 5.41) is 5.17. The fourth-order valence-corrected chi connectivity index (χ4v) is 3.81. The lowest BCUT2D eigenvalue weighted by atomic mass is 10.0. The Morgan fingerprint density at radius 1 is 1.03 bits per heavy atom. The van der Waals surface area contributed by atoms with Crippen LogP contribution in [0.15, 0.2) is 54.6 Å². The molecule has 8 heteroatoms. The van der Waals surface area contributed by atoms with Crippen molar-refractivity contribution < 1.29 is 17.9 Å². The lowest BCUT2D eigenvalue weighted by molar-refractivity contribution is -0.136. The molecule has 5 rings (SSSR count). The second kappa shape index (κ2) is 7.27. The second-order valence-electron chi connectivity index (χ2n) is 7.53. The van der Waals surface area contributed by atoms with Gasteiger partial charge in [0.2, 0.25) is 0 Å². The van der Waals surface area contributed by atoms with E-state index in [1.165, 1.54) is 4.68 Å². The highest BCUT2D eigenvalue weighted by molar-refractivity contribution is 6.30. The van der Waals surface area contributed by atoms with E-state index in [4.69, 9.17) is 16.3 Å². The fraction of sp³-hybridized carbons (Fsp3) is 0.217. The lowest BCUT2D eigenvalue weighted by Crippen LogP contribution is -2.08. The standard InChI is InChI=1S/C23H17ClF3N3O/c1-31-17-10-8-16(9-11-17)30-22-20(21(29-30)14-2-3-14)18(23(25,26)27)12-19(28-22)13-4-6-15(24)7-5-13/h4-12,14H,2-3H2,1H3. The molecule has 0 aliphatic heterocycles. The summed E-state index contributed by atoms with van der Waals surface area (Å²) in [6, 6.07) is 14.7. The quantitative estimate of drug-likeness (QED) is 0.354. The Morgan fingerprint density at radius 3 is 2.29 bits per heavy atom. The van der Waals surface area contributed by atoms with Crippen LogP contribution in [-0.2, 0) is 6.18 Å². The number of halogens is 4. The van der Waals surface area contributed by atoms with Gasteiger partial charge < -0.3 is 4.74 Å². The van der Waals surface area contributed by atoms with E-state index >= 15 is 0 Å². The van der Waals surface area contributed by atoms with E-state index in [9.17, 15) is 13.2 Å². The van der Waals surface area contributed by atoms with E-state index in [0.717, 1.165) is 18.9 Å². The number of rotatable bonds is 4. The van der Waals surface area contributed by atoms with Crippen molar-refractivity contribution in [3.8, 4) is 22.7 Å². The van der Waals surface area contributed by atoms with Gasteiger partial charge in [-0.1, -0.05) is 23.7 Å². The third-order valence-corrected chi connectivity index (χ3v) is 5.64. The van der Waals surface area contributed by atoms with Crippen molar-refractivity contribution in [2.75, 3.05) is 7.11 Å². The lowest BCUT2D eigenvalue weighted by Gasteiger charge is -2.12. The molecule has 0 amide bonds. The molecule has 2 aromatic carbocycles. The maximum atomic E-state index is 14.1. The molecule has 0 saturated heterocycles. The zero-order chi connectivity index (χ0) is 21.8. The topological polar surface area (TPSA) is 39.9 Å². The van der Waals surface area contributed by atoms with Gasteiger partial charge in [0, 0.05) is 16.5 Å². The summed E-state index contributed by atoms with van der Waals surface area (Å²) in [6.45, 7) is 0. The highest BCUT2D eigenvalue weighted by Crippen LogP contribution is 2.47. The number of fused-ring (bicyclic) bond motifs is 1. The molecule has 0 unspecified atom stereocenters. The molecule has 4 aromatic rings. The number of benzene rings is 2. The Labute approximate surface area is 181 Å². The third-order valence-electron chi connectivity index (χ3n) is 5.39. The van der Waals surface area contributed by atoms with Gasteiger partial charge in [0.25, 0.3) is 0 Å². The molecular formula is C23H17ClF3N3O. The van der Waals surface area contributed by atoms with Gasteiger partial charge in [-0.15, -0.1) is 0 Å². The summed E-state index contributed by atoms with van der Waals surface area (Å²) < 4.78 is 49.1. The van der Waals surface area contributed by atoms with E-state index in [1.807, 2.05) is 0 Å². The number of alkyl halides is 3. The fourth-order valence-electron chi connectivity index (χ4n) is 3.68. The first-order valence-electron chi connectivity index (χ1n) is 9.76. The van der Waals surface area contributed by atoms with Crippen LogP contribution in [0, 0.1) is 0 Å². The number of methoxy groups -OCH3 is 1. The molecule has 31 heavy (non-hydrogen) atoms. The number of nitrogens with zero attached hydrogens (tertiary/aromatic N) is 3. The van der Waals surface area contributed by atoms with Crippen molar-refractivity contribution in [1.82, 2.24) is 14.8 Å². The van der Waals surface area contributed by atoms with Gasteiger partial charge in [-0.25, -0.2) is 9.67 Å². The Kier molecular flexibility index (Phi) is 4.66. The molecular weight excluding hydrogens is 427 g/mol. The molecule has 2 aromatic heterocycles. The highest BCUT2D eigenvalue weighted by Gasteiger charge is 2.39. The van der Waals surface area contributed by atoms with E-state index in [2.05, 4.69) is 10.1 Å². The molecule has 1 aliphatic carbocycles. The van der Waals surface area contributed by atoms with Gasteiger partial charge in [-0.3, -0.25) is 0 Å². The summed E-state index contributed by atoms with van der Waals surface area (Å²) >= 11 is 5.95. The SMILES string of the molecule is COc1ccc(-n2nc(C3CC3)c3c(C(F)(F)F)cc(-c4ccc(Cl)cc4)nc32)cc1. The molecule has 1 aliphatic rings. The number of hydrogen-bond acceptors (Lipinski definition) is 3. The van der Waals surface area contributed by atoms with Gasteiger partial charge in [-0.2, -0.15) is 18.3 Å². The predicted molar refractivity (Wildman–Crippen MR) is 113 cm³/mol. The molecule has 1 fully saturated rings. The first kappa shape index (κ1) is 19.9.